The summed E-state index contributed by atoms with van der Waals surface area (Å²) < 4.78 is 20.7. The number of amides is 2. The Morgan fingerprint density at radius 1 is 0.970 bits per heavy atom. The number of rotatable bonds is 6. The van der Waals surface area contributed by atoms with Crippen LogP contribution in [-0.4, -0.2) is 38.8 Å². The first-order valence-electron chi connectivity index (χ1n) is 9.80. The molecule has 0 spiro atoms. The third-order valence-electron chi connectivity index (χ3n) is 4.96. The van der Waals surface area contributed by atoms with Crippen LogP contribution >= 0.6 is 11.3 Å². The number of thiophene rings is 1. The number of hydrogen-bond donors (Lipinski definition) is 2. The average Bonchev–Trinajstić information content (AvgIpc) is 3.42. The molecule has 4 rings (SSSR count). The van der Waals surface area contributed by atoms with Gasteiger partial charge in [-0.3, -0.25) is 9.59 Å². The zero-order valence-corrected chi connectivity index (χ0v) is 18.8. The van der Waals surface area contributed by atoms with Crippen LogP contribution in [0.5, 0.6) is 17.2 Å². The summed E-state index contributed by atoms with van der Waals surface area (Å²) in [5.74, 6) is -0.100. The topological polar surface area (TPSA) is 112 Å². The molecule has 9 nitrogen and oxygen atoms in total. The first-order valence-corrected chi connectivity index (χ1v) is 10.6. The van der Waals surface area contributed by atoms with Gasteiger partial charge in [-0.2, -0.15) is 0 Å². The summed E-state index contributed by atoms with van der Waals surface area (Å²) in [6, 6.07) is 11.7. The van der Waals surface area contributed by atoms with Gasteiger partial charge in [0.25, 0.3) is 11.8 Å². The fourth-order valence-electron chi connectivity index (χ4n) is 3.31. The van der Waals surface area contributed by atoms with E-state index in [0.29, 0.717) is 34.1 Å². The summed E-state index contributed by atoms with van der Waals surface area (Å²) in [5, 5.41) is 5.70. The van der Waals surface area contributed by atoms with Crippen LogP contribution in [0.15, 0.2) is 42.5 Å². The summed E-state index contributed by atoms with van der Waals surface area (Å²) in [6.45, 7) is 1.71. The van der Waals surface area contributed by atoms with Crippen LogP contribution in [0.3, 0.4) is 0 Å². The molecule has 0 saturated carbocycles. The van der Waals surface area contributed by atoms with Gasteiger partial charge in [0, 0.05) is 5.56 Å². The Kier molecular flexibility index (Phi) is 6.18. The second kappa shape index (κ2) is 9.21. The second-order valence-corrected chi connectivity index (χ2v) is 7.95. The van der Waals surface area contributed by atoms with Crippen molar-refractivity contribution in [3.8, 4) is 17.2 Å². The lowest BCUT2D eigenvalue weighted by atomic mass is 10.1. The third-order valence-corrected chi connectivity index (χ3v) is 6.17. The van der Waals surface area contributed by atoms with E-state index in [0.717, 1.165) is 11.3 Å². The van der Waals surface area contributed by atoms with E-state index >= 15 is 0 Å². The Labute approximate surface area is 193 Å². The van der Waals surface area contributed by atoms with E-state index in [-0.39, 0.29) is 22.2 Å². The quantitative estimate of drug-likeness (QED) is 0.524. The maximum absolute atomic E-state index is 13.0. The number of fused-ring (bicyclic) bond motifs is 1. The van der Waals surface area contributed by atoms with Crippen molar-refractivity contribution in [2.24, 2.45) is 0 Å². The zero-order valence-electron chi connectivity index (χ0n) is 18.0. The molecule has 2 N–H and O–H groups in total. The summed E-state index contributed by atoms with van der Waals surface area (Å²) in [7, 11) is 2.73. The first-order chi connectivity index (χ1) is 15.9. The van der Waals surface area contributed by atoms with Crippen molar-refractivity contribution in [3.05, 3.63) is 64.0 Å². The van der Waals surface area contributed by atoms with Crippen molar-refractivity contribution < 1.29 is 33.3 Å². The Bertz CT molecular complexity index is 1250. The molecule has 1 aliphatic heterocycles. The molecule has 0 aliphatic carbocycles. The molecule has 0 radical (unpaired) electrons. The molecule has 2 amide bonds. The van der Waals surface area contributed by atoms with E-state index in [2.05, 4.69) is 10.6 Å². The highest BCUT2D eigenvalue weighted by Gasteiger charge is 2.27. The minimum Gasteiger partial charge on any atom is -0.495 e. The van der Waals surface area contributed by atoms with Gasteiger partial charge < -0.3 is 29.6 Å². The van der Waals surface area contributed by atoms with Crippen molar-refractivity contribution in [1.82, 2.24) is 0 Å². The van der Waals surface area contributed by atoms with Gasteiger partial charge in [0.15, 0.2) is 11.5 Å². The third kappa shape index (κ3) is 4.33. The Morgan fingerprint density at radius 2 is 1.73 bits per heavy atom. The highest BCUT2D eigenvalue weighted by molar-refractivity contribution is 7.19. The molecule has 1 aliphatic rings. The molecule has 0 bridgehead atoms. The number of para-hydroxylation sites is 2. The van der Waals surface area contributed by atoms with Crippen LogP contribution in [0.25, 0.3) is 0 Å². The standard InChI is InChI=1S/C23H20N2O7S/c1-12-18(23(28)30-3)22(25-20(26)13-8-9-16-17(10-13)32-11-31-16)33-19(12)21(27)24-14-6-4-5-7-15(14)29-2/h4-10H,11H2,1-3H3,(H,24,27)(H,25,26). The number of anilines is 2. The van der Waals surface area contributed by atoms with Crippen molar-refractivity contribution in [1.29, 1.82) is 0 Å². The van der Waals surface area contributed by atoms with Crippen molar-refractivity contribution in [3.63, 3.8) is 0 Å². The Morgan fingerprint density at radius 3 is 2.48 bits per heavy atom. The lowest BCUT2D eigenvalue weighted by Crippen LogP contribution is -2.14. The fourth-order valence-corrected chi connectivity index (χ4v) is 4.39. The largest absolute Gasteiger partial charge is 0.495 e. The average molecular weight is 468 g/mol. The van der Waals surface area contributed by atoms with E-state index in [1.54, 1.807) is 49.4 Å². The van der Waals surface area contributed by atoms with Crippen LogP contribution in [0.1, 0.15) is 36.0 Å². The lowest BCUT2D eigenvalue weighted by molar-refractivity contribution is 0.0601. The van der Waals surface area contributed by atoms with Gasteiger partial charge in [-0.15, -0.1) is 11.3 Å². The summed E-state index contributed by atoms with van der Waals surface area (Å²) in [6.07, 6.45) is 0. The maximum atomic E-state index is 13.0. The molecule has 2 heterocycles. The Balaban J connectivity index is 1.64. The monoisotopic (exact) mass is 468 g/mol. The number of esters is 1. The lowest BCUT2D eigenvalue weighted by Gasteiger charge is -2.09. The summed E-state index contributed by atoms with van der Waals surface area (Å²) >= 11 is 0.978. The van der Waals surface area contributed by atoms with Gasteiger partial charge in [0.2, 0.25) is 6.79 Å². The maximum Gasteiger partial charge on any atom is 0.341 e. The molecule has 170 valence electrons. The molecule has 1 aromatic heterocycles. The van der Waals surface area contributed by atoms with E-state index in [4.69, 9.17) is 18.9 Å². The number of carbonyl (C=O) groups excluding carboxylic acids is 3. The number of methoxy groups -OCH3 is 2. The summed E-state index contributed by atoms with van der Waals surface area (Å²) in [5.41, 5.74) is 1.28. The molecule has 33 heavy (non-hydrogen) atoms. The molecular weight excluding hydrogens is 448 g/mol. The minimum atomic E-state index is -0.666. The van der Waals surface area contributed by atoms with Crippen molar-refractivity contribution >= 4 is 39.8 Å². The molecule has 0 saturated heterocycles. The van der Waals surface area contributed by atoms with E-state index in [9.17, 15) is 14.4 Å². The smallest absolute Gasteiger partial charge is 0.341 e. The summed E-state index contributed by atoms with van der Waals surface area (Å²) in [4.78, 5) is 38.6. The number of carbonyl (C=O) groups is 3. The number of ether oxygens (including phenoxy) is 4. The zero-order chi connectivity index (χ0) is 23.5. The van der Waals surface area contributed by atoms with Gasteiger partial charge >= 0.3 is 5.97 Å². The minimum absolute atomic E-state index is 0.0850. The van der Waals surface area contributed by atoms with Gasteiger partial charge in [-0.05, 0) is 42.8 Å². The molecule has 0 fully saturated rings. The second-order valence-electron chi connectivity index (χ2n) is 6.93. The predicted octanol–water partition coefficient (Wildman–Crippen LogP) is 4.09. The first kappa shape index (κ1) is 22.2. The molecule has 2 aromatic carbocycles. The number of nitrogens with one attached hydrogen (secondary N) is 2. The van der Waals surface area contributed by atoms with Crippen LogP contribution in [-0.2, 0) is 4.74 Å². The number of benzene rings is 2. The predicted molar refractivity (Wildman–Crippen MR) is 122 cm³/mol. The van der Waals surface area contributed by atoms with Crippen LogP contribution in [0.4, 0.5) is 10.7 Å². The van der Waals surface area contributed by atoms with Gasteiger partial charge in [-0.25, -0.2) is 4.79 Å². The fraction of sp³-hybridized carbons (Fsp3) is 0.174. The highest BCUT2D eigenvalue weighted by atomic mass is 32.1. The SMILES string of the molecule is COC(=O)c1c(NC(=O)c2ccc3c(c2)OCO3)sc(C(=O)Nc2ccccc2OC)c1C. The molecule has 0 unspecified atom stereocenters. The molecule has 0 atom stereocenters. The molecule has 10 heteroatoms. The highest BCUT2D eigenvalue weighted by Crippen LogP contribution is 2.36. The van der Waals surface area contributed by atoms with Crippen LogP contribution in [0, 0.1) is 6.92 Å². The van der Waals surface area contributed by atoms with Gasteiger partial charge in [0.05, 0.1) is 30.3 Å². The van der Waals surface area contributed by atoms with Gasteiger partial charge in [-0.1, -0.05) is 12.1 Å². The molecular formula is C23H20N2O7S. The van der Waals surface area contributed by atoms with Crippen molar-refractivity contribution in [2.75, 3.05) is 31.6 Å². The van der Waals surface area contributed by atoms with Crippen molar-refractivity contribution in [2.45, 2.75) is 6.92 Å². The number of hydrogen-bond acceptors (Lipinski definition) is 8. The molecule has 3 aromatic rings. The van der Waals surface area contributed by atoms with Crippen LogP contribution < -0.4 is 24.8 Å². The van der Waals surface area contributed by atoms with E-state index in [1.807, 2.05) is 0 Å². The van der Waals surface area contributed by atoms with Gasteiger partial charge in [0.1, 0.15) is 10.8 Å². The van der Waals surface area contributed by atoms with E-state index in [1.165, 1.54) is 14.2 Å². The van der Waals surface area contributed by atoms with Crippen LogP contribution in [0.2, 0.25) is 0 Å². The van der Waals surface area contributed by atoms with E-state index < -0.39 is 17.8 Å². The normalized spacial score (nSPS) is 11.6. The Hall–Kier alpha value is -4.05.